The van der Waals surface area contributed by atoms with Crippen molar-refractivity contribution in [3.05, 3.63) is 35.0 Å². The highest BCUT2D eigenvalue weighted by Gasteiger charge is 2.28. The molecule has 0 amide bonds. The minimum Gasteiger partial charge on any atom is -0.469 e. The second kappa shape index (κ2) is 14.1. The van der Waals surface area contributed by atoms with Crippen LogP contribution < -0.4 is 0 Å². The van der Waals surface area contributed by atoms with E-state index in [0.29, 0.717) is 11.5 Å². The highest BCUT2D eigenvalue weighted by Crippen LogP contribution is 2.26. The second-order valence-electron chi connectivity index (χ2n) is 6.82. The number of aromatic nitrogens is 2. The van der Waals surface area contributed by atoms with Crippen molar-refractivity contribution in [1.82, 2.24) is 10.3 Å². The molecule has 29 heavy (non-hydrogen) atoms. The Labute approximate surface area is 185 Å². The molecule has 0 saturated heterocycles. The maximum Gasteiger partial charge on any atom is 0.316 e. The summed E-state index contributed by atoms with van der Waals surface area (Å²) in [5.41, 5.74) is 1.54. The summed E-state index contributed by atoms with van der Waals surface area (Å²) in [6.45, 7) is 11.8. The van der Waals surface area contributed by atoms with Crippen molar-refractivity contribution in [2.45, 2.75) is 57.8 Å². The van der Waals surface area contributed by atoms with Gasteiger partial charge in [-0.25, -0.2) is 0 Å². The van der Waals surface area contributed by atoms with Crippen molar-refractivity contribution in [2.75, 3.05) is 14.2 Å². The molecule has 0 aliphatic carbocycles. The average Bonchev–Trinajstić information content (AvgIpc) is 3.22. The topological polar surface area (TPSA) is 105 Å². The molecule has 2 aromatic rings. The van der Waals surface area contributed by atoms with Crippen molar-refractivity contribution in [1.29, 1.82) is 0 Å². The Kier molecular flexibility index (Phi) is 13.2. The molecule has 0 fully saturated rings. The zero-order valence-corrected chi connectivity index (χ0v) is 20.5. The molecule has 0 radical (unpaired) electrons. The Bertz CT molecular complexity index is 736. The maximum atomic E-state index is 11.5. The number of ether oxygens (including phenoxy) is 2. The molecule has 0 aliphatic rings. The molecule has 1 unspecified atom stereocenters. The quantitative estimate of drug-likeness (QED) is 0.323. The number of methoxy groups -OCH3 is 2. The molecule has 0 N–H and O–H groups in total. The number of carbonyl (C=O) groups is 2. The summed E-state index contributed by atoms with van der Waals surface area (Å²) in [7, 11) is 2.71. The van der Waals surface area contributed by atoms with Crippen LogP contribution in [0, 0.1) is 19.8 Å². The van der Waals surface area contributed by atoms with Crippen LogP contribution in [0.25, 0.3) is 0 Å². The lowest BCUT2D eigenvalue weighted by molar-refractivity contribution is -0.144. The summed E-state index contributed by atoms with van der Waals surface area (Å²) in [5.74, 6) is 0.284. The zero-order chi connectivity index (χ0) is 22.6. The predicted molar refractivity (Wildman–Crippen MR) is 117 cm³/mol. The summed E-state index contributed by atoms with van der Waals surface area (Å²) in [4.78, 5) is 22.1. The maximum absolute atomic E-state index is 11.5. The summed E-state index contributed by atoms with van der Waals surface area (Å²) < 4.78 is 19.8. The first-order valence-electron chi connectivity index (χ1n) is 9.15. The summed E-state index contributed by atoms with van der Waals surface area (Å²) >= 11 is 2.34. The van der Waals surface area contributed by atoms with Gasteiger partial charge in [-0.2, -0.15) is 0 Å². The van der Waals surface area contributed by atoms with Gasteiger partial charge in [-0.1, -0.05) is 60.6 Å². The SMILES string of the molecule is CC(C)I.COC(=O)C(c1cc(C)no1)C(C)C.COC(=O)Cc1cc(C)no1. The van der Waals surface area contributed by atoms with Crippen LogP contribution in [0.5, 0.6) is 0 Å². The molecule has 0 aromatic carbocycles. The van der Waals surface area contributed by atoms with Gasteiger partial charge in [0.05, 0.1) is 25.6 Å². The lowest BCUT2D eigenvalue weighted by Gasteiger charge is -2.14. The molecule has 0 aliphatic heterocycles. The standard InChI is InChI=1S/C10H15NO3.C7H9NO3.C3H7I/c1-6(2)9(10(12)13-4)8-5-7(3)11-14-8;1-5-3-6(11-8-5)4-7(9)10-2;1-3(2)4/h5-6,9H,1-4H3;3H,4H2,1-2H3;3H,1-2H3. The molecule has 0 spiro atoms. The monoisotopic (exact) mass is 522 g/mol. The largest absolute Gasteiger partial charge is 0.469 e. The van der Waals surface area contributed by atoms with E-state index in [1.165, 1.54) is 14.2 Å². The number of nitrogens with zero attached hydrogens (tertiary/aromatic N) is 2. The fourth-order valence-corrected chi connectivity index (χ4v) is 2.09. The molecule has 8 nitrogen and oxygen atoms in total. The number of hydrogen-bond acceptors (Lipinski definition) is 8. The van der Waals surface area contributed by atoms with Gasteiger partial charge in [-0.15, -0.1) is 0 Å². The van der Waals surface area contributed by atoms with Gasteiger partial charge >= 0.3 is 11.9 Å². The first kappa shape index (κ1) is 27.1. The Morgan fingerprint density at radius 3 is 1.86 bits per heavy atom. The van der Waals surface area contributed by atoms with Gasteiger partial charge in [-0.05, 0) is 19.8 Å². The first-order chi connectivity index (χ1) is 13.5. The van der Waals surface area contributed by atoms with Gasteiger partial charge in [0.15, 0.2) is 5.76 Å². The number of carbonyl (C=O) groups excluding carboxylic acids is 2. The summed E-state index contributed by atoms with van der Waals surface area (Å²) in [6, 6.07) is 3.47. The molecule has 9 heteroatoms. The lowest BCUT2D eigenvalue weighted by Crippen LogP contribution is -2.18. The number of hydrogen-bond donors (Lipinski definition) is 0. The lowest BCUT2D eigenvalue weighted by atomic mass is 9.93. The molecule has 2 rings (SSSR count). The van der Waals surface area contributed by atoms with E-state index in [2.05, 4.69) is 51.5 Å². The van der Waals surface area contributed by atoms with Crippen molar-refractivity contribution in [2.24, 2.45) is 5.92 Å². The van der Waals surface area contributed by atoms with E-state index in [4.69, 9.17) is 13.8 Å². The van der Waals surface area contributed by atoms with Gasteiger partial charge in [-0.3, -0.25) is 9.59 Å². The van der Waals surface area contributed by atoms with Crippen LogP contribution in [0.3, 0.4) is 0 Å². The van der Waals surface area contributed by atoms with Crippen molar-refractivity contribution in [3.8, 4) is 0 Å². The van der Waals surface area contributed by atoms with Crippen LogP contribution in [0.4, 0.5) is 0 Å². The fourth-order valence-electron chi connectivity index (χ4n) is 2.09. The van der Waals surface area contributed by atoms with Gasteiger partial charge in [0.1, 0.15) is 18.1 Å². The molecule has 0 bridgehead atoms. The third-order valence-electron chi connectivity index (χ3n) is 3.30. The molecule has 0 saturated carbocycles. The van der Waals surface area contributed by atoms with Gasteiger partial charge < -0.3 is 18.5 Å². The van der Waals surface area contributed by atoms with Crippen LogP contribution in [0.1, 0.15) is 56.5 Å². The number of halogens is 1. The highest BCUT2D eigenvalue weighted by atomic mass is 127. The molecule has 2 aromatic heterocycles. The number of aryl methyl sites for hydroxylation is 2. The van der Waals surface area contributed by atoms with E-state index in [0.717, 1.165) is 15.3 Å². The van der Waals surface area contributed by atoms with Crippen LogP contribution in [-0.4, -0.2) is 40.4 Å². The van der Waals surface area contributed by atoms with E-state index in [-0.39, 0.29) is 30.2 Å². The Morgan fingerprint density at radius 2 is 1.52 bits per heavy atom. The van der Waals surface area contributed by atoms with E-state index in [1.54, 1.807) is 19.1 Å². The minimum atomic E-state index is -0.360. The van der Waals surface area contributed by atoms with Crippen LogP contribution in [-0.2, 0) is 25.5 Å². The Balaban J connectivity index is 0.000000466. The van der Waals surface area contributed by atoms with Crippen LogP contribution in [0.15, 0.2) is 21.2 Å². The third-order valence-corrected chi connectivity index (χ3v) is 3.30. The first-order valence-corrected chi connectivity index (χ1v) is 10.4. The van der Waals surface area contributed by atoms with E-state index in [1.807, 2.05) is 20.8 Å². The second-order valence-corrected chi connectivity index (χ2v) is 9.31. The molecule has 2 heterocycles. The minimum absolute atomic E-state index is 0.134. The van der Waals surface area contributed by atoms with E-state index in [9.17, 15) is 9.59 Å². The third kappa shape index (κ3) is 11.6. The van der Waals surface area contributed by atoms with Crippen LogP contribution >= 0.6 is 22.6 Å². The van der Waals surface area contributed by atoms with E-state index < -0.39 is 0 Å². The Hall–Kier alpha value is -1.91. The molecular weight excluding hydrogens is 491 g/mol. The van der Waals surface area contributed by atoms with Crippen molar-refractivity contribution in [3.63, 3.8) is 0 Å². The average molecular weight is 522 g/mol. The number of esters is 2. The molecular formula is C20H31IN2O6. The zero-order valence-electron chi connectivity index (χ0n) is 18.3. The van der Waals surface area contributed by atoms with Crippen molar-refractivity contribution >= 4 is 34.5 Å². The number of rotatable bonds is 5. The van der Waals surface area contributed by atoms with Crippen molar-refractivity contribution < 1.29 is 28.1 Å². The Morgan fingerprint density at radius 1 is 1.00 bits per heavy atom. The van der Waals surface area contributed by atoms with E-state index >= 15 is 0 Å². The van der Waals surface area contributed by atoms with Gasteiger partial charge in [0.2, 0.25) is 0 Å². The fraction of sp³-hybridized carbons (Fsp3) is 0.600. The van der Waals surface area contributed by atoms with Gasteiger partial charge in [0.25, 0.3) is 0 Å². The molecule has 164 valence electrons. The summed E-state index contributed by atoms with van der Waals surface area (Å²) in [5, 5.41) is 7.38. The van der Waals surface area contributed by atoms with Crippen LogP contribution in [0.2, 0.25) is 0 Å². The van der Waals surface area contributed by atoms with Gasteiger partial charge in [0, 0.05) is 16.1 Å². The molecule has 1 atom stereocenters. The summed E-state index contributed by atoms with van der Waals surface area (Å²) in [6.07, 6.45) is 0.150. The predicted octanol–water partition coefficient (Wildman–Crippen LogP) is 4.42. The highest BCUT2D eigenvalue weighted by molar-refractivity contribution is 14.1. The smallest absolute Gasteiger partial charge is 0.316 e. The number of alkyl halides is 1. The normalized spacial score (nSPS) is 11.1.